The van der Waals surface area contributed by atoms with Gasteiger partial charge in [-0.1, -0.05) is 36.2 Å². The van der Waals surface area contributed by atoms with Crippen LogP contribution >= 0.6 is 23.2 Å². The van der Waals surface area contributed by atoms with Gasteiger partial charge in [-0.05, 0) is 54.8 Å². The molecule has 162 valence electrons. The van der Waals surface area contributed by atoms with Gasteiger partial charge in [-0.2, -0.15) is 0 Å². The molecule has 1 fully saturated rings. The molecule has 0 saturated carbocycles. The van der Waals surface area contributed by atoms with Crippen molar-refractivity contribution in [2.75, 3.05) is 11.5 Å². The summed E-state index contributed by atoms with van der Waals surface area (Å²) in [6, 6.07) is 9.90. The Labute approximate surface area is 185 Å². The highest BCUT2D eigenvalue weighted by atomic mass is 35.5. The molecule has 1 aliphatic rings. The molecule has 1 aliphatic heterocycles. The highest BCUT2D eigenvalue weighted by molar-refractivity contribution is 7.91. The molecule has 0 bridgehead atoms. The molecule has 1 amide bonds. The summed E-state index contributed by atoms with van der Waals surface area (Å²) in [4.78, 5) is 14.9. The lowest BCUT2D eigenvalue weighted by Gasteiger charge is -2.32. The van der Waals surface area contributed by atoms with Gasteiger partial charge < -0.3 is 9.64 Å². The summed E-state index contributed by atoms with van der Waals surface area (Å²) in [5, 5.41) is 0.866. The number of hydrogen-bond acceptors (Lipinski definition) is 4. The van der Waals surface area contributed by atoms with Crippen molar-refractivity contribution in [3.63, 3.8) is 0 Å². The second kappa shape index (κ2) is 9.54. The van der Waals surface area contributed by atoms with E-state index in [2.05, 4.69) is 0 Å². The predicted molar refractivity (Wildman–Crippen MR) is 115 cm³/mol. The van der Waals surface area contributed by atoms with Crippen LogP contribution in [0.4, 0.5) is 4.39 Å². The topological polar surface area (TPSA) is 63.7 Å². The van der Waals surface area contributed by atoms with Crippen molar-refractivity contribution in [3.05, 3.63) is 63.9 Å². The fraction of sp³-hybridized carbons (Fsp3) is 0.381. The van der Waals surface area contributed by atoms with Gasteiger partial charge >= 0.3 is 0 Å². The molecule has 2 unspecified atom stereocenters. The summed E-state index contributed by atoms with van der Waals surface area (Å²) in [6.45, 7) is 1.93. The van der Waals surface area contributed by atoms with Gasteiger partial charge in [0, 0.05) is 22.6 Å². The van der Waals surface area contributed by atoms with Crippen molar-refractivity contribution in [2.45, 2.75) is 38.5 Å². The van der Waals surface area contributed by atoms with E-state index in [1.165, 1.54) is 29.2 Å². The summed E-state index contributed by atoms with van der Waals surface area (Å²) < 4.78 is 43.1. The Morgan fingerprint density at radius 3 is 2.50 bits per heavy atom. The summed E-state index contributed by atoms with van der Waals surface area (Å²) in [7, 11) is -3.21. The Morgan fingerprint density at radius 1 is 1.23 bits per heavy atom. The summed E-state index contributed by atoms with van der Waals surface area (Å²) >= 11 is 12.3. The Hall–Kier alpha value is -1.83. The standard InChI is InChI=1S/C21H22Cl2FNO4S/c1-2-20(29-18-7-5-16(24)6-8-18)21(26)25(17-9-10-30(27,28)13-17)12-14-3-4-15(22)11-19(14)23/h3-8,11,17,20H,2,9-10,12-13H2,1H3. The first-order valence-corrected chi connectivity index (χ1v) is 12.1. The SMILES string of the molecule is CCC(Oc1ccc(F)cc1)C(=O)N(Cc1ccc(Cl)cc1Cl)C1CCS(=O)(=O)C1. The van der Waals surface area contributed by atoms with Gasteiger partial charge in [0.2, 0.25) is 0 Å². The van der Waals surface area contributed by atoms with Gasteiger partial charge in [0.15, 0.2) is 15.9 Å². The highest BCUT2D eigenvalue weighted by Gasteiger charge is 2.37. The number of carbonyl (C=O) groups is 1. The van der Waals surface area contributed by atoms with E-state index in [-0.39, 0.29) is 24.0 Å². The van der Waals surface area contributed by atoms with Crippen LogP contribution in [0.2, 0.25) is 10.0 Å². The van der Waals surface area contributed by atoms with Crippen molar-refractivity contribution in [3.8, 4) is 5.75 Å². The number of sulfone groups is 1. The number of hydrogen-bond donors (Lipinski definition) is 0. The van der Waals surface area contributed by atoms with Gasteiger partial charge in [0.1, 0.15) is 11.6 Å². The molecule has 1 heterocycles. The second-order valence-corrected chi connectivity index (χ2v) is 10.3. The number of ether oxygens (including phenoxy) is 1. The first-order valence-electron chi connectivity index (χ1n) is 9.55. The molecule has 9 heteroatoms. The Balaban J connectivity index is 1.87. The Kier molecular flexibility index (Phi) is 7.26. The Bertz CT molecular complexity index is 1010. The first-order chi connectivity index (χ1) is 14.2. The molecule has 3 rings (SSSR count). The lowest BCUT2D eigenvalue weighted by atomic mass is 10.1. The van der Waals surface area contributed by atoms with Crippen LogP contribution in [0.1, 0.15) is 25.3 Å². The predicted octanol–water partition coefficient (Wildman–Crippen LogP) is 4.51. The molecule has 0 N–H and O–H groups in total. The van der Waals surface area contributed by atoms with Crippen LogP contribution in [0, 0.1) is 5.82 Å². The van der Waals surface area contributed by atoms with E-state index in [0.717, 1.165) is 0 Å². The number of amides is 1. The van der Waals surface area contributed by atoms with E-state index >= 15 is 0 Å². The van der Waals surface area contributed by atoms with Crippen molar-refractivity contribution < 1.29 is 22.3 Å². The molecule has 30 heavy (non-hydrogen) atoms. The van der Waals surface area contributed by atoms with Gasteiger partial charge in [0.25, 0.3) is 5.91 Å². The first kappa shape index (κ1) is 22.8. The summed E-state index contributed by atoms with van der Waals surface area (Å²) in [6.07, 6.45) is -0.128. The highest BCUT2D eigenvalue weighted by Crippen LogP contribution is 2.27. The van der Waals surface area contributed by atoms with E-state index in [4.69, 9.17) is 27.9 Å². The van der Waals surface area contributed by atoms with Crippen LogP contribution in [0.15, 0.2) is 42.5 Å². The van der Waals surface area contributed by atoms with Crippen LogP contribution in [-0.4, -0.2) is 42.9 Å². The molecule has 0 radical (unpaired) electrons. The van der Waals surface area contributed by atoms with Gasteiger partial charge in [-0.25, -0.2) is 12.8 Å². The van der Waals surface area contributed by atoms with Gasteiger partial charge in [-0.3, -0.25) is 4.79 Å². The van der Waals surface area contributed by atoms with Crippen LogP contribution < -0.4 is 4.74 Å². The number of rotatable bonds is 7. The van der Waals surface area contributed by atoms with E-state index < -0.39 is 27.8 Å². The number of halogens is 3. The molecular formula is C21H22Cl2FNO4S. The van der Waals surface area contributed by atoms with Crippen LogP contribution in [0.25, 0.3) is 0 Å². The summed E-state index contributed by atoms with van der Waals surface area (Å²) in [5.74, 6) is -0.450. The average molecular weight is 474 g/mol. The maximum absolute atomic E-state index is 13.4. The lowest BCUT2D eigenvalue weighted by molar-refractivity contribution is -0.141. The van der Waals surface area contributed by atoms with E-state index in [0.29, 0.717) is 34.2 Å². The van der Waals surface area contributed by atoms with Crippen molar-refractivity contribution in [1.82, 2.24) is 4.90 Å². The molecule has 1 saturated heterocycles. The number of nitrogens with zero attached hydrogens (tertiary/aromatic N) is 1. The minimum atomic E-state index is -3.21. The van der Waals surface area contributed by atoms with Crippen LogP contribution in [0.5, 0.6) is 5.75 Å². The normalized spacial score (nSPS) is 18.7. The fourth-order valence-electron chi connectivity index (χ4n) is 3.41. The monoisotopic (exact) mass is 473 g/mol. The van der Waals surface area contributed by atoms with E-state index in [1.807, 2.05) is 0 Å². The number of benzene rings is 2. The largest absolute Gasteiger partial charge is 0.481 e. The van der Waals surface area contributed by atoms with E-state index in [1.54, 1.807) is 25.1 Å². The van der Waals surface area contributed by atoms with Crippen molar-refractivity contribution in [2.24, 2.45) is 0 Å². The molecule has 0 aliphatic carbocycles. The molecule has 0 spiro atoms. The van der Waals surface area contributed by atoms with Gasteiger partial charge in [0.05, 0.1) is 11.5 Å². The van der Waals surface area contributed by atoms with Gasteiger partial charge in [-0.15, -0.1) is 0 Å². The van der Waals surface area contributed by atoms with Crippen molar-refractivity contribution >= 4 is 38.9 Å². The smallest absolute Gasteiger partial charge is 0.264 e. The average Bonchev–Trinajstić information content (AvgIpc) is 3.06. The maximum atomic E-state index is 13.4. The molecular weight excluding hydrogens is 452 g/mol. The number of carbonyl (C=O) groups excluding carboxylic acids is 1. The van der Waals surface area contributed by atoms with Crippen molar-refractivity contribution in [1.29, 1.82) is 0 Å². The molecule has 2 aromatic carbocycles. The quantitative estimate of drug-likeness (QED) is 0.593. The van der Waals surface area contributed by atoms with E-state index in [9.17, 15) is 17.6 Å². The molecule has 0 aromatic heterocycles. The van der Waals surface area contributed by atoms with Crippen LogP contribution in [-0.2, 0) is 21.2 Å². The lowest BCUT2D eigenvalue weighted by Crippen LogP contribution is -2.47. The zero-order chi connectivity index (χ0) is 21.9. The Morgan fingerprint density at radius 2 is 1.93 bits per heavy atom. The second-order valence-electron chi connectivity index (χ2n) is 7.23. The molecule has 2 atom stereocenters. The third-order valence-electron chi connectivity index (χ3n) is 5.03. The zero-order valence-corrected chi connectivity index (χ0v) is 18.7. The van der Waals surface area contributed by atoms with Crippen LogP contribution in [0.3, 0.4) is 0 Å². The molecule has 5 nitrogen and oxygen atoms in total. The molecule has 2 aromatic rings. The third kappa shape index (κ3) is 5.65. The fourth-order valence-corrected chi connectivity index (χ4v) is 5.61. The summed E-state index contributed by atoms with van der Waals surface area (Å²) in [5.41, 5.74) is 0.662. The minimum Gasteiger partial charge on any atom is -0.481 e. The zero-order valence-electron chi connectivity index (χ0n) is 16.4. The maximum Gasteiger partial charge on any atom is 0.264 e. The minimum absolute atomic E-state index is 0.0331. The third-order valence-corrected chi connectivity index (χ3v) is 7.36.